The molecule has 0 saturated heterocycles. The van der Waals surface area contributed by atoms with Crippen LogP contribution in [0.25, 0.3) is 32.3 Å². The smallest absolute Gasteiger partial charge is 0.0657 e. The molecule has 0 aliphatic carbocycles. The molecule has 7 aromatic carbocycles. The zero-order valence-electron chi connectivity index (χ0n) is 42.6. The summed E-state index contributed by atoms with van der Waals surface area (Å²) in [6.45, 7) is 43.1. The van der Waals surface area contributed by atoms with Crippen LogP contribution in [0.2, 0.25) is 0 Å². The molecule has 0 heterocycles. The minimum Gasteiger partial charge on any atom is -0.0657 e. The fraction of sp³-hybridized carbons (Fsp3) is 0.452. The van der Waals surface area contributed by atoms with Crippen LogP contribution in [0.15, 0.2) is 84.9 Å². The highest BCUT2D eigenvalue weighted by atomic mass is 14.3. The van der Waals surface area contributed by atoms with Crippen molar-refractivity contribution in [3.8, 4) is 0 Å². The van der Waals surface area contributed by atoms with Crippen LogP contribution in [0.3, 0.4) is 0 Å². The van der Waals surface area contributed by atoms with Gasteiger partial charge in [-0.05, 0) is 153 Å². The Morgan fingerprint density at radius 1 is 0.333 bits per heavy atom. The van der Waals surface area contributed by atoms with E-state index in [1.54, 1.807) is 0 Å². The highest BCUT2D eigenvalue weighted by Gasteiger charge is 2.36. The van der Waals surface area contributed by atoms with Gasteiger partial charge < -0.3 is 0 Å². The molecule has 0 spiro atoms. The van der Waals surface area contributed by atoms with Crippen molar-refractivity contribution in [2.45, 2.75) is 184 Å². The Bertz CT molecular complexity index is 2580. The molecule has 0 amide bonds. The van der Waals surface area contributed by atoms with E-state index in [-0.39, 0.29) is 6.71 Å². The molecule has 0 N–H and O–H groups in total. The molecular weight excluding hydrogens is 755 g/mol. The first kappa shape index (κ1) is 46.6. The molecule has 0 atom stereocenters. The van der Waals surface area contributed by atoms with Crippen molar-refractivity contribution in [3.05, 3.63) is 146 Å². The third kappa shape index (κ3) is 8.65. The summed E-state index contributed by atoms with van der Waals surface area (Å²) in [5, 5.41) is 8.31. The zero-order valence-corrected chi connectivity index (χ0v) is 42.6. The molecule has 7 rings (SSSR count). The van der Waals surface area contributed by atoms with Crippen LogP contribution < -0.4 is 16.4 Å². The van der Waals surface area contributed by atoms with Gasteiger partial charge in [-0.3, -0.25) is 0 Å². The lowest BCUT2D eigenvalue weighted by Crippen LogP contribution is -2.57. The van der Waals surface area contributed by atoms with E-state index in [2.05, 4.69) is 210 Å². The lowest BCUT2D eigenvalue weighted by atomic mass is 9.32. The Hall–Kier alpha value is -4.36. The summed E-state index contributed by atoms with van der Waals surface area (Å²) in [5.74, 6) is 3.84. The van der Waals surface area contributed by atoms with Gasteiger partial charge in [0, 0.05) is 0 Å². The summed E-state index contributed by atoms with van der Waals surface area (Å²) in [5.41, 5.74) is 20.9. The maximum Gasteiger partial charge on any atom is 0.243 e. The van der Waals surface area contributed by atoms with Gasteiger partial charge in [0.25, 0.3) is 0 Å². The van der Waals surface area contributed by atoms with E-state index >= 15 is 0 Å². The Labute approximate surface area is 384 Å². The predicted molar refractivity (Wildman–Crippen MR) is 284 cm³/mol. The summed E-state index contributed by atoms with van der Waals surface area (Å²) < 4.78 is 0. The van der Waals surface area contributed by atoms with E-state index in [0.717, 1.165) is 6.42 Å². The summed E-state index contributed by atoms with van der Waals surface area (Å²) >= 11 is 0. The summed E-state index contributed by atoms with van der Waals surface area (Å²) in [4.78, 5) is 0. The number of rotatable bonds is 14. The molecule has 0 aliphatic rings. The van der Waals surface area contributed by atoms with Gasteiger partial charge in [-0.15, -0.1) is 0 Å². The molecular formula is C62H79B. The predicted octanol–water partition coefficient (Wildman–Crippen LogP) is 16.8. The Kier molecular flexibility index (Phi) is 13.5. The van der Waals surface area contributed by atoms with Crippen LogP contribution in [-0.4, -0.2) is 6.71 Å². The average Bonchev–Trinajstić information content (AvgIpc) is 3.22. The maximum absolute atomic E-state index is 2.59. The first-order chi connectivity index (χ1) is 29.7. The van der Waals surface area contributed by atoms with Gasteiger partial charge in [-0.25, -0.2) is 0 Å². The summed E-state index contributed by atoms with van der Waals surface area (Å²) in [6.07, 6.45) is 0.943. The topological polar surface area (TPSA) is 0 Å². The lowest BCUT2D eigenvalue weighted by Gasteiger charge is -2.33. The van der Waals surface area contributed by atoms with E-state index in [0.29, 0.717) is 53.3 Å². The van der Waals surface area contributed by atoms with E-state index in [1.807, 2.05) is 0 Å². The molecule has 0 fully saturated rings. The number of benzene rings is 7. The molecule has 0 unspecified atom stereocenters. The second-order valence-corrected chi connectivity index (χ2v) is 22.2. The summed E-state index contributed by atoms with van der Waals surface area (Å²) in [7, 11) is 0. The molecule has 0 aliphatic heterocycles. The van der Waals surface area contributed by atoms with Crippen LogP contribution in [0.4, 0.5) is 0 Å². The normalized spacial score (nSPS) is 12.7. The molecule has 0 radical (unpaired) electrons. The van der Waals surface area contributed by atoms with Crippen molar-refractivity contribution >= 4 is 55.4 Å². The molecule has 0 aromatic heterocycles. The van der Waals surface area contributed by atoms with Gasteiger partial charge in [0.05, 0.1) is 0 Å². The monoisotopic (exact) mass is 835 g/mol. The summed E-state index contributed by atoms with van der Waals surface area (Å²) in [6, 6.07) is 35.0. The fourth-order valence-electron chi connectivity index (χ4n) is 10.9. The van der Waals surface area contributed by atoms with Gasteiger partial charge >= 0.3 is 0 Å². The first-order valence-corrected chi connectivity index (χ1v) is 24.9. The van der Waals surface area contributed by atoms with Gasteiger partial charge in [-0.1, -0.05) is 226 Å². The minimum atomic E-state index is 0.0720. The Balaban J connectivity index is 1.61. The molecule has 1 heteroatoms. The Morgan fingerprint density at radius 2 is 0.651 bits per heavy atom. The van der Waals surface area contributed by atoms with Crippen LogP contribution in [0.1, 0.15) is 239 Å². The first-order valence-electron chi connectivity index (χ1n) is 24.9. The number of hydrogen-bond acceptors (Lipinski definition) is 0. The number of hydrogen-bond donors (Lipinski definition) is 0. The molecule has 7 aromatic rings. The molecule has 63 heavy (non-hydrogen) atoms. The molecule has 0 saturated carbocycles. The van der Waals surface area contributed by atoms with Crippen LogP contribution in [0.5, 0.6) is 0 Å². The van der Waals surface area contributed by atoms with E-state index in [9.17, 15) is 0 Å². The second-order valence-electron chi connectivity index (χ2n) is 22.2. The largest absolute Gasteiger partial charge is 0.243 e. The third-order valence-electron chi connectivity index (χ3n) is 14.7. The van der Waals surface area contributed by atoms with Crippen LogP contribution >= 0.6 is 0 Å². The third-order valence-corrected chi connectivity index (χ3v) is 14.7. The highest BCUT2D eigenvalue weighted by molar-refractivity contribution is 6.98. The fourth-order valence-corrected chi connectivity index (χ4v) is 10.9. The quantitative estimate of drug-likeness (QED) is 0.0756. The second kappa shape index (κ2) is 18.3. The molecule has 0 nitrogen and oxygen atoms in total. The van der Waals surface area contributed by atoms with E-state index < -0.39 is 0 Å². The van der Waals surface area contributed by atoms with E-state index in [4.69, 9.17) is 0 Å². The Morgan fingerprint density at radius 3 is 1.02 bits per heavy atom. The maximum atomic E-state index is 2.59. The van der Waals surface area contributed by atoms with Gasteiger partial charge in [0.2, 0.25) is 6.71 Å². The zero-order chi connectivity index (χ0) is 45.9. The standard InChI is InChI=1S/C62H79B/c1-34(2)46-28-51(37(7)8)57(52(29-46)38(9)10)27-45-20-19-43-22-25-50-58(26-23-44-21-24-49(45)59(43)60(44)50)63(61-53(39(11)12)30-47(35(3)4)31-54(61)40(13)14)62-55(41(15)16)32-48(36(5)6)33-56(62)42(17)18/h19-26,28-42H,27H2,1-18H3. The van der Waals surface area contributed by atoms with Crippen LogP contribution in [-0.2, 0) is 6.42 Å². The SMILES string of the molecule is CC(C)c1cc(C(C)C)c(Cc2ccc3ccc4c(B(c5c(C(C)C)cc(C(C)C)cc5C(C)C)c5c(C(C)C)cc(C(C)C)cc5C(C)C)ccc5ccc2c3c54)c(C(C)C)c1. The van der Waals surface area contributed by atoms with E-state index in [1.165, 1.54) is 110 Å². The highest BCUT2D eigenvalue weighted by Crippen LogP contribution is 2.40. The lowest BCUT2D eigenvalue weighted by molar-refractivity contribution is 0.783. The van der Waals surface area contributed by atoms with Gasteiger partial charge in [0.15, 0.2) is 0 Å². The molecule has 0 bridgehead atoms. The van der Waals surface area contributed by atoms with Crippen molar-refractivity contribution in [2.24, 2.45) is 0 Å². The van der Waals surface area contributed by atoms with Gasteiger partial charge in [-0.2, -0.15) is 0 Å². The van der Waals surface area contributed by atoms with Crippen molar-refractivity contribution in [3.63, 3.8) is 0 Å². The van der Waals surface area contributed by atoms with Crippen molar-refractivity contribution in [1.82, 2.24) is 0 Å². The molecule has 330 valence electrons. The van der Waals surface area contributed by atoms with Crippen molar-refractivity contribution < 1.29 is 0 Å². The van der Waals surface area contributed by atoms with Crippen LogP contribution in [0, 0.1) is 0 Å². The van der Waals surface area contributed by atoms with Crippen molar-refractivity contribution in [2.75, 3.05) is 0 Å². The minimum absolute atomic E-state index is 0.0720. The average molecular weight is 835 g/mol. The van der Waals surface area contributed by atoms with Gasteiger partial charge in [0.1, 0.15) is 0 Å². The van der Waals surface area contributed by atoms with Crippen molar-refractivity contribution in [1.29, 1.82) is 0 Å².